The zero-order valence-corrected chi connectivity index (χ0v) is 46.8. The van der Waals surface area contributed by atoms with Crippen molar-refractivity contribution in [3.05, 3.63) is 144 Å². The molecule has 0 aliphatic rings. The Kier molecular flexibility index (Phi) is 27.8. The first-order valence-electron chi connectivity index (χ1n) is 28.6. The summed E-state index contributed by atoms with van der Waals surface area (Å²) in [5.41, 5.74) is 4.57. The molecule has 0 N–H and O–H groups in total. The van der Waals surface area contributed by atoms with Gasteiger partial charge in [0.15, 0.2) is 0 Å². The van der Waals surface area contributed by atoms with Gasteiger partial charge in [0, 0.05) is 11.1 Å². The number of hydrogen-bond donors (Lipinski definition) is 0. The molecule has 2 unspecified atom stereocenters. The molecule has 0 radical (unpaired) electrons. The van der Waals surface area contributed by atoms with E-state index in [4.69, 9.17) is 18.9 Å². The molecule has 0 aliphatic carbocycles. The number of aromatic nitrogens is 4. The SMILES string of the molecule is CCCCCCCCCCCc1ccc(C(=O)Oc2cnc(-c3ccc(OCC(C)CC)cc3)cn2)c(F)c1.CCCCCCCCCCc1ccc(C(=O)Oc2cnc(-c3ccc(OCC(C)CC)cc3)cn2)c(F)c1. The van der Waals surface area contributed by atoms with E-state index in [0.717, 1.165) is 85.1 Å². The van der Waals surface area contributed by atoms with Crippen molar-refractivity contribution >= 4 is 11.9 Å². The van der Waals surface area contributed by atoms with E-state index in [0.29, 0.717) is 36.4 Å². The average molecular weight is 1060 g/mol. The number of aryl methyl sites for hydroxylation is 2. The summed E-state index contributed by atoms with van der Waals surface area (Å²) in [6, 6.07) is 24.7. The van der Waals surface area contributed by atoms with Gasteiger partial charge >= 0.3 is 11.9 Å². The quantitative estimate of drug-likeness (QED) is 0.0291. The van der Waals surface area contributed by atoms with Crippen LogP contribution in [0.5, 0.6) is 23.3 Å². The molecule has 2 aromatic heterocycles. The number of esters is 2. The van der Waals surface area contributed by atoms with Crippen LogP contribution in [0.15, 0.2) is 110 Å². The van der Waals surface area contributed by atoms with Gasteiger partial charge in [-0.15, -0.1) is 0 Å². The van der Waals surface area contributed by atoms with Crippen molar-refractivity contribution in [1.82, 2.24) is 19.9 Å². The van der Waals surface area contributed by atoms with Gasteiger partial charge in [0.05, 0.1) is 60.5 Å². The van der Waals surface area contributed by atoms with Crippen LogP contribution >= 0.6 is 0 Å². The molecule has 0 saturated carbocycles. The first-order chi connectivity index (χ1) is 37.5. The van der Waals surface area contributed by atoms with E-state index in [2.05, 4.69) is 61.5 Å². The summed E-state index contributed by atoms with van der Waals surface area (Å²) in [7, 11) is 0. The largest absolute Gasteiger partial charge is 0.493 e. The van der Waals surface area contributed by atoms with Crippen LogP contribution in [0, 0.1) is 23.5 Å². The van der Waals surface area contributed by atoms with E-state index in [1.54, 1.807) is 12.1 Å². The number of unbranched alkanes of at least 4 members (excludes halogenated alkanes) is 15. The third-order valence-electron chi connectivity index (χ3n) is 13.8. The molecule has 10 nitrogen and oxygen atoms in total. The van der Waals surface area contributed by atoms with Gasteiger partial charge < -0.3 is 18.9 Å². The summed E-state index contributed by atoms with van der Waals surface area (Å²) in [5, 5.41) is 0. The topological polar surface area (TPSA) is 123 Å². The normalized spacial score (nSPS) is 11.8. The van der Waals surface area contributed by atoms with Crippen LogP contribution in [0.2, 0.25) is 0 Å². The summed E-state index contributed by atoms with van der Waals surface area (Å²) in [5.74, 6) is -0.0650. The Bertz CT molecular complexity index is 2610. The van der Waals surface area contributed by atoms with Crippen molar-refractivity contribution in [1.29, 1.82) is 0 Å². The molecule has 414 valence electrons. The zero-order valence-electron chi connectivity index (χ0n) is 46.8. The molecule has 12 heteroatoms. The fourth-order valence-electron chi connectivity index (χ4n) is 8.35. The van der Waals surface area contributed by atoms with Crippen molar-refractivity contribution in [2.45, 2.75) is 176 Å². The van der Waals surface area contributed by atoms with Crippen molar-refractivity contribution < 1.29 is 37.3 Å². The molecule has 2 heterocycles. The molecule has 0 amide bonds. The van der Waals surface area contributed by atoms with Crippen LogP contribution in [0.4, 0.5) is 8.78 Å². The fourth-order valence-corrected chi connectivity index (χ4v) is 8.35. The molecule has 0 saturated heterocycles. The number of benzene rings is 4. The van der Waals surface area contributed by atoms with Crippen LogP contribution in [0.3, 0.4) is 0 Å². The van der Waals surface area contributed by atoms with Crippen LogP contribution in [0.25, 0.3) is 22.5 Å². The second-order valence-corrected chi connectivity index (χ2v) is 20.4. The van der Waals surface area contributed by atoms with Crippen molar-refractivity contribution in [2.75, 3.05) is 13.2 Å². The third kappa shape index (κ3) is 22.5. The summed E-state index contributed by atoms with van der Waals surface area (Å²) in [6.07, 6.45) is 30.6. The third-order valence-corrected chi connectivity index (χ3v) is 13.8. The van der Waals surface area contributed by atoms with Gasteiger partial charge in [0.25, 0.3) is 0 Å². The summed E-state index contributed by atoms with van der Waals surface area (Å²) < 4.78 is 51.5. The minimum absolute atomic E-state index is 0.0228. The maximum absolute atomic E-state index is 14.7. The Balaban J connectivity index is 0.000000284. The molecule has 77 heavy (non-hydrogen) atoms. The summed E-state index contributed by atoms with van der Waals surface area (Å²) in [6.45, 7) is 14.4. The van der Waals surface area contributed by atoms with Gasteiger partial charge in [0.2, 0.25) is 11.8 Å². The smallest absolute Gasteiger partial charge is 0.347 e. The Morgan fingerprint density at radius 3 is 1.10 bits per heavy atom. The van der Waals surface area contributed by atoms with Crippen LogP contribution < -0.4 is 18.9 Å². The van der Waals surface area contributed by atoms with Gasteiger partial charge in [-0.25, -0.2) is 38.3 Å². The van der Waals surface area contributed by atoms with Crippen molar-refractivity contribution in [2.24, 2.45) is 11.8 Å². The van der Waals surface area contributed by atoms with Crippen LogP contribution in [-0.2, 0) is 12.8 Å². The lowest BCUT2D eigenvalue weighted by Crippen LogP contribution is -2.12. The molecule has 6 aromatic rings. The zero-order chi connectivity index (χ0) is 55.0. The minimum Gasteiger partial charge on any atom is -0.493 e. The average Bonchev–Trinajstić information content (AvgIpc) is 3.45. The lowest BCUT2D eigenvalue weighted by atomic mass is 10.0. The Morgan fingerprint density at radius 2 is 0.792 bits per heavy atom. The Labute approximate surface area is 458 Å². The maximum Gasteiger partial charge on any atom is 0.347 e. The fraction of sp³-hybridized carbons (Fsp3) is 0.477. The molecule has 0 fully saturated rings. The maximum atomic E-state index is 14.7. The van der Waals surface area contributed by atoms with Crippen molar-refractivity contribution in [3.63, 3.8) is 0 Å². The summed E-state index contributed by atoms with van der Waals surface area (Å²) in [4.78, 5) is 42.1. The Morgan fingerprint density at radius 1 is 0.442 bits per heavy atom. The highest BCUT2D eigenvalue weighted by Gasteiger charge is 2.18. The standard InChI is InChI=1S/C33H43FN2O3.C32H41FN2O3/c1-4-6-7-8-9-10-11-12-13-14-26-15-20-29(30(34)21-26)33(37)39-32-23-35-31(22-36-32)27-16-18-28(19-17-27)38-24-25(3)5-2;1-4-6-7-8-9-10-11-12-13-25-14-19-28(29(33)20-25)32(36)38-31-22-34-30(21-35-31)26-15-17-27(18-16-26)37-23-24(3)5-2/h15-23,25H,4-14,24H2,1-3H3;14-22,24H,4-13,23H2,1-3H3. The van der Waals surface area contributed by atoms with E-state index in [9.17, 15) is 18.4 Å². The lowest BCUT2D eigenvalue weighted by molar-refractivity contribution is 0.0711. The molecule has 4 aromatic carbocycles. The van der Waals surface area contributed by atoms with E-state index in [1.165, 1.54) is 133 Å². The van der Waals surface area contributed by atoms with Gasteiger partial charge in [-0.3, -0.25) is 0 Å². The number of nitrogens with zero attached hydrogens (tertiary/aromatic N) is 4. The first kappa shape index (κ1) is 61.3. The number of halogens is 2. The molecule has 0 spiro atoms. The molecular weight excluding hydrogens is 971 g/mol. The van der Waals surface area contributed by atoms with Gasteiger partial charge in [-0.05, 0) is 121 Å². The van der Waals surface area contributed by atoms with E-state index in [1.807, 2.05) is 48.5 Å². The molecule has 2 atom stereocenters. The number of rotatable bonds is 33. The number of ether oxygens (including phenoxy) is 4. The van der Waals surface area contributed by atoms with E-state index < -0.39 is 23.6 Å². The predicted molar refractivity (Wildman–Crippen MR) is 305 cm³/mol. The predicted octanol–water partition coefficient (Wildman–Crippen LogP) is 17.6. The second kappa shape index (κ2) is 35.0. The number of carbonyl (C=O) groups is 2. The van der Waals surface area contributed by atoms with Gasteiger partial charge in [0.1, 0.15) is 23.1 Å². The Hall–Kier alpha value is -6.56. The van der Waals surface area contributed by atoms with E-state index >= 15 is 0 Å². The molecule has 0 bridgehead atoms. The highest BCUT2D eigenvalue weighted by molar-refractivity contribution is 5.91. The second-order valence-electron chi connectivity index (χ2n) is 20.4. The van der Waals surface area contributed by atoms with Gasteiger partial charge in [-0.1, -0.05) is 163 Å². The van der Waals surface area contributed by atoms with E-state index in [-0.39, 0.29) is 22.9 Å². The monoisotopic (exact) mass is 1050 g/mol. The lowest BCUT2D eigenvalue weighted by Gasteiger charge is -2.11. The first-order valence-corrected chi connectivity index (χ1v) is 28.6. The molecular formula is C65H84F2N4O6. The molecule has 6 rings (SSSR count). The minimum atomic E-state index is -0.786. The highest BCUT2D eigenvalue weighted by Crippen LogP contribution is 2.25. The summed E-state index contributed by atoms with van der Waals surface area (Å²) >= 11 is 0. The number of carbonyl (C=O) groups excluding carboxylic acids is 2. The molecule has 0 aliphatic heterocycles. The van der Waals surface area contributed by atoms with Crippen molar-refractivity contribution in [3.8, 4) is 45.8 Å². The number of hydrogen-bond acceptors (Lipinski definition) is 10. The van der Waals surface area contributed by atoms with Crippen LogP contribution in [0.1, 0.15) is 195 Å². The van der Waals surface area contributed by atoms with Gasteiger partial charge in [-0.2, -0.15) is 0 Å². The van der Waals surface area contributed by atoms with Crippen LogP contribution in [-0.4, -0.2) is 45.1 Å². The highest BCUT2D eigenvalue weighted by atomic mass is 19.1.